The van der Waals surface area contributed by atoms with Gasteiger partial charge in [-0.25, -0.2) is 0 Å². The Bertz CT molecular complexity index is 410. The SMILES string of the molecule is CCC(C)NCC(=O)Nc1ccc(Br)c(OC)c1. The first-order chi connectivity index (χ1) is 8.56. The Kier molecular flexibility index (Phi) is 6.15. The van der Waals surface area contributed by atoms with Gasteiger partial charge in [0.25, 0.3) is 0 Å². The predicted octanol–water partition coefficient (Wildman–Crippen LogP) is 2.78. The van der Waals surface area contributed by atoms with E-state index in [4.69, 9.17) is 4.74 Å². The number of amides is 1. The topological polar surface area (TPSA) is 50.4 Å². The number of carbonyl (C=O) groups is 1. The first kappa shape index (κ1) is 15.0. The highest BCUT2D eigenvalue weighted by Gasteiger charge is 2.06. The van der Waals surface area contributed by atoms with Crippen molar-refractivity contribution < 1.29 is 9.53 Å². The van der Waals surface area contributed by atoms with Crippen LogP contribution in [0.25, 0.3) is 0 Å². The van der Waals surface area contributed by atoms with Crippen molar-refractivity contribution in [1.29, 1.82) is 0 Å². The minimum Gasteiger partial charge on any atom is -0.495 e. The van der Waals surface area contributed by atoms with Gasteiger partial charge in [0.1, 0.15) is 5.75 Å². The molecule has 0 spiro atoms. The van der Waals surface area contributed by atoms with E-state index in [0.717, 1.165) is 16.6 Å². The van der Waals surface area contributed by atoms with Crippen LogP contribution < -0.4 is 15.4 Å². The number of nitrogens with one attached hydrogen (secondary N) is 2. The lowest BCUT2D eigenvalue weighted by atomic mass is 10.2. The molecule has 0 saturated heterocycles. The molecule has 1 atom stereocenters. The number of hydrogen-bond donors (Lipinski definition) is 2. The molecule has 1 rings (SSSR count). The number of halogens is 1. The van der Waals surface area contributed by atoms with Crippen LogP contribution >= 0.6 is 15.9 Å². The number of anilines is 1. The summed E-state index contributed by atoms with van der Waals surface area (Å²) < 4.78 is 6.03. The van der Waals surface area contributed by atoms with Crippen molar-refractivity contribution in [2.45, 2.75) is 26.3 Å². The van der Waals surface area contributed by atoms with Gasteiger partial charge in [-0.1, -0.05) is 6.92 Å². The first-order valence-electron chi connectivity index (χ1n) is 5.93. The van der Waals surface area contributed by atoms with Crippen LogP contribution in [-0.2, 0) is 4.79 Å². The molecule has 0 bridgehead atoms. The third kappa shape index (κ3) is 4.66. The minimum atomic E-state index is -0.0559. The van der Waals surface area contributed by atoms with Crippen LogP contribution in [0.4, 0.5) is 5.69 Å². The third-order valence-electron chi connectivity index (χ3n) is 2.66. The number of benzene rings is 1. The number of ether oxygens (including phenoxy) is 1. The Hall–Kier alpha value is -1.07. The molecule has 0 heterocycles. The molecule has 1 aromatic rings. The largest absolute Gasteiger partial charge is 0.495 e. The molecule has 0 aliphatic heterocycles. The van der Waals surface area contributed by atoms with Crippen molar-refractivity contribution >= 4 is 27.5 Å². The molecule has 0 aromatic heterocycles. The molecule has 1 amide bonds. The first-order valence-corrected chi connectivity index (χ1v) is 6.72. The molecule has 1 unspecified atom stereocenters. The standard InChI is InChI=1S/C13H19BrN2O2/c1-4-9(2)15-8-13(17)16-10-5-6-11(14)12(7-10)18-3/h5-7,9,15H,4,8H2,1-3H3,(H,16,17). The minimum absolute atomic E-state index is 0.0559. The van der Waals surface area contributed by atoms with Crippen LogP contribution in [0.1, 0.15) is 20.3 Å². The van der Waals surface area contributed by atoms with E-state index >= 15 is 0 Å². The van der Waals surface area contributed by atoms with Crippen molar-refractivity contribution in [3.8, 4) is 5.75 Å². The van der Waals surface area contributed by atoms with E-state index in [1.165, 1.54) is 0 Å². The van der Waals surface area contributed by atoms with Crippen molar-refractivity contribution in [3.63, 3.8) is 0 Å². The van der Waals surface area contributed by atoms with Gasteiger partial charge in [0, 0.05) is 17.8 Å². The van der Waals surface area contributed by atoms with Crippen LogP contribution in [0.5, 0.6) is 5.75 Å². The Morgan fingerprint density at radius 3 is 2.83 bits per heavy atom. The summed E-state index contributed by atoms with van der Waals surface area (Å²) in [6, 6.07) is 5.80. The lowest BCUT2D eigenvalue weighted by Gasteiger charge is -2.12. The fraction of sp³-hybridized carbons (Fsp3) is 0.462. The summed E-state index contributed by atoms with van der Waals surface area (Å²) in [4.78, 5) is 11.7. The number of rotatable bonds is 6. The van der Waals surface area contributed by atoms with Crippen LogP contribution in [-0.4, -0.2) is 25.6 Å². The fourth-order valence-corrected chi connectivity index (χ4v) is 1.76. The molecule has 0 saturated carbocycles. The normalized spacial score (nSPS) is 12.0. The van der Waals surface area contributed by atoms with E-state index < -0.39 is 0 Å². The molecule has 100 valence electrons. The Morgan fingerprint density at radius 2 is 2.22 bits per heavy atom. The van der Waals surface area contributed by atoms with E-state index in [1.54, 1.807) is 13.2 Å². The van der Waals surface area contributed by atoms with Gasteiger partial charge in [-0.15, -0.1) is 0 Å². The van der Waals surface area contributed by atoms with Gasteiger partial charge < -0.3 is 15.4 Å². The van der Waals surface area contributed by atoms with Crippen molar-refractivity contribution in [2.75, 3.05) is 19.0 Å². The maximum atomic E-state index is 11.7. The Balaban J connectivity index is 2.54. The molecular formula is C13H19BrN2O2. The summed E-state index contributed by atoms with van der Waals surface area (Å²) in [5.74, 6) is 0.641. The van der Waals surface area contributed by atoms with E-state index in [-0.39, 0.29) is 5.91 Å². The highest BCUT2D eigenvalue weighted by molar-refractivity contribution is 9.10. The van der Waals surface area contributed by atoms with Gasteiger partial charge in [0.15, 0.2) is 0 Å². The molecule has 1 aromatic carbocycles. The fourth-order valence-electron chi connectivity index (χ4n) is 1.35. The van der Waals surface area contributed by atoms with Crippen LogP contribution in [0.2, 0.25) is 0 Å². The zero-order valence-corrected chi connectivity index (χ0v) is 12.5. The highest BCUT2D eigenvalue weighted by atomic mass is 79.9. The molecular weight excluding hydrogens is 296 g/mol. The van der Waals surface area contributed by atoms with Crippen LogP contribution in [0.3, 0.4) is 0 Å². The second kappa shape index (κ2) is 7.38. The van der Waals surface area contributed by atoms with Crippen molar-refractivity contribution in [3.05, 3.63) is 22.7 Å². The van der Waals surface area contributed by atoms with E-state index in [9.17, 15) is 4.79 Å². The highest BCUT2D eigenvalue weighted by Crippen LogP contribution is 2.27. The number of hydrogen-bond acceptors (Lipinski definition) is 3. The maximum Gasteiger partial charge on any atom is 0.238 e. The Morgan fingerprint density at radius 1 is 1.50 bits per heavy atom. The van der Waals surface area contributed by atoms with Gasteiger partial charge in [0.05, 0.1) is 18.1 Å². The van der Waals surface area contributed by atoms with Gasteiger partial charge in [0.2, 0.25) is 5.91 Å². The zero-order valence-electron chi connectivity index (χ0n) is 10.9. The molecule has 0 aliphatic rings. The maximum absolute atomic E-state index is 11.7. The van der Waals surface area contributed by atoms with Crippen molar-refractivity contribution in [2.24, 2.45) is 0 Å². The van der Waals surface area contributed by atoms with Gasteiger partial charge >= 0.3 is 0 Å². The van der Waals surface area contributed by atoms with E-state index in [2.05, 4.69) is 40.4 Å². The van der Waals surface area contributed by atoms with E-state index in [1.807, 2.05) is 12.1 Å². The van der Waals surface area contributed by atoms with Crippen molar-refractivity contribution in [1.82, 2.24) is 5.32 Å². The molecule has 18 heavy (non-hydrogen) atoms. The van der Waals surface area contributed by atoms with Gasteiger partial charge in [-0.3, -0.25) is 4.79 Å². The van der Waals surface area contributed by atoms with Crippen LogP contribution in [0.15, 0.2) is 22.7 Å². The summed E-state index contributed by atoms with van der Waals surface area (Å²) >= 11 is 3.37. The van der Waals surface area contributed by atoms with Gasteiger partial charge in [-0.05, 0) is 41.4 Å². The van der Waals surface area contributed by atoms with Crippen LogP contribution in [0, 0.1) is 0 Å². The smallest absolute Gasteiger partial charge is 0.238 e. The molecule has 0 radical (unpaired) electrons. The second-order valence-electron chi connectivity index (χ2n) is 4.09. The molecule has 4 nitrogen and oxygen atoms in total. The second-order valence-corrected chi connectivity index (χ2v) is 4.94. The Labute approximate surface area is 116 Å². The summed E-state index contributed by atoms with van der Waals surface area (Å²) in [7, 11) is 1.59. The monoisotopic (exact) mass is 314 g/mol. The summed E-state index contributed by atoms with van der Waals surface area (Å²) in [5.41, 5.74) is 0.728. The lowest BCUT2D eigenvalue weighted by molar-refractivity contribution is -0.115. The predicted molar refractivity (Wildman–Crippen MR) is 77.1 cm³/mol. The number of carbonyl (C=O) groups excluding carboxylic acids is 1. The van der Waals surface area contributed by atoms with E-state index in [0.29, 0.717) is 18.3 Å². The average molecular weight is 315 g/mol. The number of methoxy groups -OCH3 is 1. The summed E-state index contributed by atoms with van der Waals surface area (Å²) in [6.07, 6.45) is 0.999. The van der Waals surface area contributed by atoms with Gasteiger partial charge in [-0.2, -0.15) is 0 Å². The lowest BCUT2D eigenvalue weighted by Crippen LogP contribution is -2.33. The molecule has 2 N–H and O–H groups in total. The average Bonchev–Trinajstić information content (AvgIpc) is 2.38. The quantitative estimate of drug-likeness (QED) is 0.849. The molecule has 5 heteroatoms. The summed E-state index contributed by atoms with van der Waals surface area (Å²) in [5, 5.41) is 5.96. The molecule has 0 aliphatic carbocycles. The molecule has 0 fully saturated rings. The zero-order chi connectivity index (χ0) is 13.5. The third-order valence-corrected chi connectivity index (χ3v) is 3.31. The summed E-state index contributed by atoms with van der Waals surface area (Å²) in [6.45, 7) is 4.44.